The highest BCUT2D eigenvalue weighted by Crippen LogP contribution is 2.31. The third-order valence-electron chi connectivity index (χ3n) is 4.33. The lowest BCUT2D eigenvalue weighted by Gasteiger charge is -2.38. The SMILES string of the molecule is CCCCCC[C@]1(C)OC[C@@H](c2ccc(OCC)cc2)CO1. The lowest BCUT2D eigenvalue weighted by molar-refractivity contribution is -0.266. The van der Waals surface area contributed by atoms with E-state index in [-0.39, 0.29) is 0 Å². The fourth-order valence-corrected chi connectivity index (χ4v) is 2.86. The Hall–Kier alpha value is -1.06. The maximum absolute atomic E-state index is 6.04. The summed E-state index contributed by atoms with van der Waals surface area (Å²) in [6.07, 6.45) is 5.99. The van der Waals surface area contributed by atoms with E-state index < -0.39 is 5.79 Å². The zero-order chi connectivity index (χ0) is 15.8. The van der Waals surface area contributed by atoms with Crippen molar-refractivity contribution in [3.05, 3.63) is 29.8 Å². The minimum atomic E-state index is -0.393. The van der Waals surface area contributed by atoms with E-state index in [4.69, 9.17) is 14.2 Å². The lowest BCUT2D eigenvalue weighted by Crippen LogP contribution is -2.40. The van der Waals surface area contributed by atoms with Gasteiger partial charge >= 0.3 is 0 Å². The molecule has 0 radical (unpaired) electrons. The predicted molar refractivity (Wildman–Crippen MR) is 89.4 cm³/mol. The van der Waals surface area contributed by atoms with Gasteiger partial charge in [-0.05, 0) is 38.0 Å². The van der Waals surface area contributed by atoms with Crippen LogP contribution < -0.4 is 4.74 Å². The van der Waals surface area contributed by atoms with Gasteiger partial charge < -0.3 is 14.2 Å². The van der Waals surface area contributed by atoms with Crippen LogP contribution in [0.4, 0.5) is 0 Å². The molecule has 1 aliphatic heterocycles. The Morgan fingerprint density at radius 1 is 1.05 bits per heavy atom. The van der Waals surface area contributed by atoms with E-state index in [1.165, 1.54) is 31.2 Å². The van der Waals surface area contributed by atoms with Crippen molar-refractivity contribution in [3.63, 3.8) is 0 Å². The van der Waals surface area contributed by atoms with Crippen molar-refractivity contribution in [2.45, 2.75) is 64.6 Å². The summed E-state index contributed by atoms with van der Waals surface area (Å²) >= 11 is 0. The Morgan fingerprint density at radius 2 is 1.73 bits per heavy atom. The summed E-state index contributed by atoms with van der Waals surface area (Å²) in [5.41, 5.74) is 1.26. The first kappa shape index (κ1) is 17.3. The smallest absolute Gasteiger partial charge is 0.165 e. The monoisotopic (exact) mass is 306 g/mol. The lowest BCUT2D eigenvalue weighted by atomic mass is 9.98. The summed E-state index contributed by atoms with van der Waals surface area (Å²) in [4.78, 5) is 0. The summed E-state index contributed by atoms with van der Waals surface area (Å²) in [6.45, 7) is 8.48. The topological polar surface area (TPSA) is 27.7 Å². The molecule has 3 heteroatoms. The van der Waals surface area contributed by atoms with E-state index in [2.05, 4.69) is 26.0 Å². The molecule has 0 bridgehead atoms. The largest absolute Gasteiger partial charge is 0.494 e. The van der Waals surface area contributed by atoms with Crippen LogP contribution in [0.2, 0.25) is 0 Å². The zero-order valence-electron chi connectivity index (χ0n) is 14.3. The minimum Gasteiger partial charge on any atom is -0.494 e. The summed E-state index contributed by atoms with van der Waals surface area (Å²) in [7, 11) is 0. The molecule has 0 N–H and O–H groups in total. The molecule has 0 atom stereocenters. The number of ether oxygens (including phenoxy) is 3. The maximum Gasteiger partial charge on any atom is 0.165 e. The summed E-state index contributed by atoms with van der Waals surface area (Å²) in [6, 6.07) is 8.29. The van der Waals surface area contributed by atoms with E-state index in [1.807, 2.05) is 19.1 Å². The van der Waals surface area contributed by atoms with Gasteiger partial charge in [-0.1, -0.05) is 38.3 Å². The van der Waals surface area contributed by atoms with Crippen LogP contribution in [0, 0.1) is 0 Å². The van der Waals surface area contributed by atoms with Gasteiger partial charge in [-0.2, -0.15) is 0 Å². The van der Waals surface area contributed by atoms with Gasteiger partial charge in [0.15, 0.2) is 5.79 Å². The van der Waals surface area contributed by atoms with Gasteiger partial charge in [-0.15, -0.1) is 0 Å². The highest BCUT2D eigenvalue weighted by atomic mass is 16.7. The first-order valence-electron chi connectivity index (χ1n) is 8.67. The Labute approximate surface area is 135 Å². The second kappa shape index (κ2) is 8.54. The summed E-state index contributed by atoms with van der Waals surface area (Å²) in [5.74, 6) is 0.847. The molecule has 0 spiro atoms. The van der Waals surface area contributed by atoms with Crippen molar-refractivity contribution in [3.8, 4) is 5.75 Å². The number of benzene rings is 1. The second-order valence-electron chi connectivity index (χ2n) is 6.27. The number of hydrogen-bond acceptors (Lipinski definition) is 3. The average Bonchev–Trinajstić information content (AvgIpc) is 2.54. The molecule has 124 valence electrons. The molecule has 1 aliphatic rings. The van der Waals surface area contributed by atoms with E-state index in [9.17, 15) is 0 Å². The predicted octanol–water partition coefficient (Wildman–Crippen LogP) is 4.90. The van der Waals surface area contributed by atoms with Crippen LogP contribution in [0.5, 0.6) is 5.75 Å². The van der Waals surface area contributed by atoms with Gasteiger partial charge in [0, 0.05) is 12.3 Å². The van der Waals surface area contributed by atoms with Gasteiger partial charge in [-0.25, -0.2) is 0 Å². The maximum atomic E-state index is 6.04. The van der Waals surface area contributed by atoms with E-state index in [0.29, 0.717) is 12.5 Å². The normalized spacial score (nSPS) is 25.1. The van der Waals surface area contributed by atoms with Gasteiger partial charge in [0.2, 0.25) is 0 Å². The Kier molecular flexibility index (Phi) is 6.71. The Morgan fingerprint density at radius 3 is 2.32 bits per heavy atom. The van der Waals surface area contributed by atoms with E-state index in [0.717, 1.165) is 25.4 Å². The second-order valence-corrected chi connectivity index (χ2v) is 6.27. The molecule has 3 nitrogen and oxygen atoms in total. The summed E-state index contributed by atoms with van der Waals surface area (Å²) in [5, 5.41) is 0. The van der Waals surface area contributed by atoms with Crippen LogP contribution in [0.3, 0.4) is 0 Å². The van der Waals surface area contributed by atoms with Gasteiger partial charge in [0.05, 0.1) is 19.8 Å². The first-order chi connectivity index (χ1) is 10.7. The molecular weight excluding hydrogens is 276 g/mol. The molecule has 0 saturated carbocycles. The molecule has 1 aromatic rings. The zero-order valence-corrected chi connectivity index (χ0v) is 14.3. The fourth-order valence-electron chi connectivity index (χ4n) is 2.86. The molecule has 2 rings (SSSR count). The van der Waals surface area contributed by atoms with E-state index in [1.54, 1.807) is 0 Å². The number of rotatable bonds is 8. The highest BCUT2D eigenvalue weighted by molar-refractivity contribution is 5.29. The molecule has 0 unspecified atom stereocenters. The van der Waals surface area contributed by atoms with Crippen LogP contribution in [-0.4, -0.2) is 25.6 Å². The highest BCUT2D eigenvalue weighted by Gasteiger charge is 2.33. The Bertz CT molecular complexity index is 419. The van der Waals surface area contributed by atoms with Crippen molar-refractivity contribution < 1.29 is 14.2 Å². The molecule has 1 fully saturated rings. The van der Waals surface area contributed by atoms with Crippen molar-refractivity contribution >= 4 is 0 Å². The van der Waals surface area contributed by atoms with Crippen molar-refractivity contribution in [2.75, 3.05) is 19.8 Å². The van der Waals surface area contributed by atoms with Gasteiger partial charge in [-0.3, -0.25) is 0 Å². The summed E-state index contributed by atoms with van der Waals surface area (Å²) < 4.78 is 17.6. The van der Waals surface area contributed by atoms with Gasteiger partial charge in [0.1, 0.15) is 5.75 Å². The quantitative estimate of drug-likeness (QED) is 0.639. The first-order valence-corrected chi connectivity index (χ1v) is 8.67. The van der Waals surface area contributed by atoms with Crippen LogP contribution in [-0.2, 0) is 9.47 Å². The molecular formula is C19H30O3. The molecule has 22 heavy (non-hydrogen) atoms. The molecule has 1 aromatic carbocycles. The minimum absolute atomic E-state index is 0.319. The molecule has 1 heterocycles. The molecule has 0 aliphatic carbocycles. The van der Waals surface area contributed by atoms with E-state index >= 15 is 0 Å². The van der Waals surface area contributed by atoms with Crippen LogP contribution in [0.25, 0.3) is 0 Å². The number of unbranched alkanes of at least 4 members (excludes halogenated alkanes) is 3. The third kappa shape index (κ3) is 4.99. The van der Waals surface area contributed by atoms with Gasteiger partial charge in [0.25, 0.3) is 0 Å². The molecule has 0 aromatic heterocycles. The standard InChI is InChI=1S/C19H30O3/c1-4-6-7-8-13-19(3)21-14-17(15-22-19)16-9-11-18(12-10-16)20-5-2/h9-12,17H,4-8,13-15H2,1-3H3/t17-,19-. The average molecular weight is 306 g/mol. The van der Waals surface area contributed by atoms with Crippen molar-refractivity contribution in [1.29, 1.82) is 0 Å². The number of hydrogen-bond donors (Lipinski definition) is 0. The van der Waals surface area contributed by atoms with Crippen molar-refractivity contribution in [1.82, 2.24) is 0 Å². The molecule has 0 amide bonds. The van der Waals surface area contributed by atoms with Crippen molar-refractivity contribution in [2.24, 2.45) is 0 Å². The van der Waals surface area contributed by atoms with Crippen LogP contribution in [0.1, 0.15) is 64.4 Å². The van der Waals surface area contributed by atoms with Crippen LogP contribution >= 0.6 is 0 Å². The van der Waals surface area contributed by atoms with Crippen LogP contribution in [0.15, 0.2) is 24.3 Å². The fraction of sp³-hybridized carbons (Fsp3) is 0.684. The molecule has 1 saturated heterocycles. The Balaban J connectivity index is 1.80. The third-order valence-corrected chi connectivity index (χ3v) is 4.33.